The van der Waals surface area contributed by atoms with Crippen LogP contribution in [0.3, 0.4) is 0 Å². The Morgan fingerprint density at radius 2 is 1.92 bits per heavy atom. The van der Waals surface area contributed by atoms with Crippen molar-refractivity contribution < 1.29 is 16.8 Å². The number of benzene rings is 1. The van der Waals surface area contributed by atoms with Crippen molar-refractivity contribution in [3.05, 3.63) is 29.8 Å². The Bertz CT molecular complexity index is 849. The standard InChI is InChI=1S/C16H24N2O4S2/c1-13(2)8-10-18-16(9-11-17(12-16)23(3,19)20)14-6-4-5-7-15(14)24(18,21)22/h4-7,13H,8-12H2,1-3H3/t16-/m0/s1. The molecule has 2 aliphatic rings. The van der Waals surface area contributed by atoms with Gasteiger partial charge in [0.2, 0.25) is 20.0 Å². The van der Waals surface area contributed by atoms with Gasteiger partial charge in [0.1, 0.15) is 0 Å². The number of rotatable bonds is 4. The van der Waals surface area contributed by atoms with Crippen LogP contribution in [0, 0.1) is 5.92 Å². The highest BCUT2D eigenvalue weighted by Crippen LogP contribution is 2.49. The number of hydrogen-bond acceptors (Lipinski definition) is 4. The Hall–Kier alpha value is -0.960. The summed E-state index contributed by atoms with van der Waals surface area (Å²) in [5, 5.41) is 0. The van der Waals surface area contributed by atoms with E-state index in [1.165, 1.54) is 10.6 Å². The van der Waals surface area contributed by atoms with Gasteiger partial charge in [-0.25, -0.2) is 16.8 Å². The molecule has 0 aromatic heterocycles. The van der Waals surface area contributed by atoms with Crippen LogP contribution in [0.5, 0.6) is 0 Å². The van der Waals surface area contributed by atoms with Gasteiger partial charge in [0.15, 0.2) is 0 Å². The fourth-order valence-electron chi connectivity index (χ4n) is 3.73. The maximum absolute atomic E-state index is 13.1. The van der Waals surface area contributed by atoms with Crippen LogP contribution in [0.15, 0.2) is 29.2 Å². The summed E-state index contributed by atoms with van der Waals surface area (Å²) in [4.78, 5) is 0.323. The molecule has 3 rings (SSSR count). The maximum atomic E-state index is 13.1. The van der Waals surface area contributed by atoms with E-state index in [-0.39, 0.29) is 6.54 Å². The van der Waals surface area contributed by atoms with Gasteiger partial charge in [-0.1, -0.05) is 32.0 Å². The summed E-state index contributed by atoms with van der Waals surface area (Å²) in [5.41, 5.74) is -0.0344. The van der Waals surface area contributed by atoms with Crippen LogP contribution in [-0.2, 0) is 25.6 Å². The molecule has 1 saturated heterocycles. The van der Waals surface area contributed by atoms with Crippen molar-refractivity contribution in [2.75, 3.05) is 25.9 Å². The molecule has 0 radical (unpaired) electrons. The van der Waals surface area contributed by atoms with Crippen LogP contribution in [-0.4, -0.2) is 51.3 Å². The second kappa shape index (κ2) is 5.79. The van der Waals surface area contributed by atoms with E-state index in [2.05, 4.69) is 13.8 Å². The first kappa shape index (κ1) is 17.8. The van der Waals surface area contributed by atoms with Crippen LogP contribution >= 0.6 is 0 Å². The second-order valence-corrected chi connectivity index (χ2v) is 10.9. The molecule has 134 valence electrons. The van der Waals surface area contributed by atoms with Gasteiger partial charge in [-0.2, -0.15) is 8.61 Å². The van der Waals surface area contributed by atoms with Crippen molar-refractivity contribution in [3.63, 3.8) is 0 Å². The second-order valence-electron chi connectivity index (χ2n) is 7.13. The van der Waals surface area contributed by atoms with E-state index < -0.39 is 25.6 Å². The molecule has 0 unspecified atom stereocenters. The first-order valence-corrected chi connectivity index (χ1v) is 11.5. The van der Waals surface area contributed by atoms with E-state index in [0.717, 1.165) is 12.0 Å². The zero-order valence-electron chi connectivity index (χ0n) is 14.3. The lowest BCUT2D eigenvalue weighted by Crippen LogP contribution is -2.47. The van der Waals surface area contributed by atoms with Crippen LogP contribution in [0.4, 0.5) is 0 Å². The van der Waals surface area contributed by atoms with Gasteiger partial charge in [-0.05, 0) is 30.4 Å². The number of nitrogens with zero attached hydrogens (tertiary/aromatic N) is 2. The summed E-state index contributed by atoms with van der Waals surface area (Å²) in [6.07, 6.45) is 2.42. The molecule has 1 fully saturated rings. The average molecular weight is 373 g/mol. The van der Waals surface area contributed by atoms with E-state index in [1.54, 1.807) is 16.4 Å². The molecular weight excluding hydrogens is 348 g/mol. The van der Waals surface area contributed by atoms with Crippen LogP contribution in [0.1, 0.15) is 32.3 Å². The van der Waals surface area contributed by atoms with Crippen molar-refractivity contribution in [2.45, 2.75) is 37.1 Å². The molecule has 0 N–H and O–H groups in total. The van der Waals surface area contributed by atoms with Gasteiger partial charge in [0.05, 0.1) is 16.7 Å². The monoisotopic (exact) mass is 372 g/mol. The van der Waals surface area contributed by atoms with Gasteiger partial charge in [-0.15, -0.1) is 0 Å². The Morgan fingerprint density at radius 1 is 1.25 bits per heavy atom. The third kappa shape index (κ3) is 2.69. The molecule has 0 aliphatic carbocycles. The normalized spacial score (nSPS) is 27.2. The summed E-state index contributed by atoms with van der Waals surface area (Å²) < 4.78 is 53.0. The van der Waals surface area contributed by atoms with Crippen LogP contribution in [0.2, 0.25) is 0 Å². The Morgan fingerprint density at radius 3 is 2.50 bits per heavy atom. The van der Waals surface area contributed by atoms with Crippen molar-refractivity contribution in [1.82, 2.24) is 8.61 Å². The van der Waals surface area contributed by atoms with E-state index in [9.17, 15) is 16.8 Å². The summed E-state index contributed by atoms with van der Waals surface area (Å²) in [6.45, 7) is 5.06. The first-order valence-electron chi connectivity index (χ1n) is 8.16. The summed E-state index contributed by atoms with van der Waals surface area (Å²) >= 11 is 0. The Labute approximate surface area is 144 Å². The molecule has 24 heavy (non-hydrogen) atoms. The fraction of sp³-hybridized carbons (Fsp3) is 0.625. The summed E-state index contributed by atoms with van der Waals surface area (Å²) in [6, 6.07) is 7.00. The van der Waals surface area contributed by atoms with Gasteiger partial charge >= 0.3 is 0 Å². The van der Waals surface area contributed by atoms with Crippen LogP contribution in [0.25, 0.3) is 0 Å². The minimum atomic E-state index is -3.59. The number of fused-ring (bicyclic) bond motifs is 2. The number of hydrogen-bond donors (Lipinski definition) is 0. The molecule has 2 aliphatic heterocycles. The molecule has 0 saturated carbocycles. The van der Waals surface area contributed by atoms with Gasteiger partial charge in [0, 0.05) is 19.6 Å². The molecular formula is C16H24N2O4S2. The molecule has 2 heterocycles. The quantitative estimate of drug-likeness (QED) is 0.804. The molecule has 1 aromatic carbocycles. The first-order chi connectivity index (χ1) is 11.1. The van der Waals surface area contributed by atoms with E-state index in [4.69, 9.17) is 0 Å². The lowest BCUT2D eigenvalue weighted by atomic mass is 9.88. The Kier molecular flexibility index (Phi) is 4.31. The molecule has 8 heteroatoms. The SMILES string of the molecule is CC(C)CCN1[C@]2(CCN(S(C)(=O)=O)C2)c2ccccc2S1(=O)=O. The predicted octanol–water partition coefficient (Wildman–Crippen LogP) is 1.60. The van der Waals surface area contributed by atoms with Crippen molar-refractivity contribution >= 4 is 20.0 Å². The zero-order valence-corrected chi connectivity index (χ0v) is 15.9. The lowest BCUT2D eigenvalue weighted by molar-refractivity contribution is 0.202. The van der Waals surface area contributed by atoms with E-state index >= 15 is 0 Å². The molecule has 0 amide bonds. The fourth-order valence-corrected chi connectivity index (χ4v) is 6.68. The molecule has 6 nitrogen and oxygen atoms in total. The van der Waals surface area contributed by atoms with Crippen molar-refractivity contribution in [1.29, 1.82) is 0 Å². The molecule has 1 aromatic rings. The summed E-state index contributed by atoms with van der Waals surface area (Å²) in [7, 11) is -6.94. The number of sulfonamides is 2. The van der Waals surface area contributed by atoms with Gasteiger partial charge in [-0.3, -0.25) is 0 Å². The average Bonchev–Trinajstić information content (AvgIpc) is 2.99. The highest BCUT2D eigenvalue weighted by atomic mass is 32.2. The highest BCUT2D eigenvalue weighted by Gasteiger charge is 2.57. The minimum absolute atomic E-state index is 0.195. The molecule has 1 atom stereocenters. The van der Waals surface area contributed by atoms with Gasteiger partial charge in [0.25, 0.3) is 0 Å². The predicted molar refractivity (Wildman–Crippen MR) is 92.5 cm³/mol. The molecule has 1 spiro atoms. The van der Waals surface area contributed by atoms with Crippen molar-refractivity contribution in [2.24, 2.45) is 5.92 Å². The van der Waals surface area contributed by atoms with Crippen LogP contribution < -0.4 is 0 Å². The smallest absolute Gasteiger partial charge is 0.213 e. The van der Waals surface area contributed by atoms with Crippen molar-refractivity contribution in [3.8, 4) is 0 Å². The highest BCUT2D eigenvalue weighted by molar-refractivity contribution is 7.89. The molecule has 0 bridgehead atoms. The Balaban J connectivity index is 2.11. The summed E-state index contributed by atoms with van der Waals surface area (Å²) in [5.74, 6) is 0.369. The third-order valence-electron chi connectivity index (χ3n) is 5.03. The van der Waals surface area contributed by atoms with Gasteiger partial charge < -0.3 is 0 Å². The van der Waals surface area contributed by atoms with E-state index in [1.807, 2.05) is 12.1 Å². The maximum Gasteiger partial charge on any atom is 0.244 e. The minimum Gasteiger partial charge on any atom is -0.213 e. The largest absolute Gasteiger partial charge is 0.244 e. The third-order valence-corrected chi connectivity index (χ3v) is 8.30. The zero-order chi connectivity index (χ0) is 17.8. The van der Waals surface area contributed by atoms with E-state index in [0.29, 0.717) is 30.3 Å². The topological polar surface area (TPSA) is 74.8 Å². The lowest BCUT2D eigenvalue weighted by Gasteiger charge is -2.34.